The summed E-state index contributed by atoms with van der Waals surface area (Å²) in [6.07, 6.45) is -4.33. The average Bonchev–Trinajstić information content (AvgIpc) is 2.28. The van der Waals surface area contributed by atoms with Crippen LogP contribution < -0.4 is 0 Å². The molecule has 0 amide bonds. The molecule has 1 atom stereocenters. The van der Waals surface area contributed by atoms with Crippen molar-refractivity contribution >= 4 is 5.97 Å². The maximum absolute atomic E-state index is 12.4. The van der Waals surface area contributed by atoms with Gasteiger partial charge in [-0.05, 0) is 24.7 Å². The fourth-order valence-corrected chi connectivity index (χ4v) is 1.72. The van der Waals surface area contributed by atoms with E-state index in [1.54, 1.807) is 18.9 Å². The number of carboxylic acid groups (broad SMARTS) is 1. The van der Waals surface area contributed by atoms with Gasteiger partial charge in [0.15, 0.2) is 0 Å². The summed E-state index contributed by atoms with van der Waals surface area (Å²) in [4.78, 5) is 12.5. The molecule has 0 aliphatic carbocycles. The highest BCUT2D eigenvalue weighted by Gasteiger charge is 2.29. The summed E-state index contributed by atoms with van der Waals surface area (Å²) < 4.78 is 37.1. The first-order valence-corrected chi connectivity index (χ1v) is 5.77. The fraction of sp³-hybridized carbons (Fsp3) is 0.462. The van der Waals surface area contributed by atoms with E-state index >= 15 is 0 Å². The molecule has 0 saturated heterocycles. The van der Waals surface area contributed by atoms with Gasteiger partial charge in [0.2, 0.25) is 0 Å². The number of rotatable bonds is 5. The molecule has 0 aliphatic rings. The molecule has 1 aromatic rings. The lowest BCUT2D eigenvalue weighted by molar-refractivity contribution is -0.141. The van der Waals surface area contributed by atoms with Crippen LogP contribution in [-0.2, 0) is 17.5 Å². The Bertz CT molecular complexity index is 429. The molecule has 1 unspecified atom stereocenters. The minimum atomic E-state index is -4.33. The molecule has 0 heterocycles. The number of nitrogens with zero attached hydrogens (tertiary/aromatic N) is 1. The largest absolute Gasteiger partial charge is 0.481 e. The molecule has 1 N–H and O–H groups in total. The summed E-state index contributed by atoms with van der Waals surface area (Å²) in [5.74, 6) is -1.40. The lowest BCUT2D eigenvalue weighted by atomic mass is 10.1. The molecular weight excluding hydrogens is 259 g/mol. The van der Waals surface area contributed by atoms with E-state index in [9.17, 15) is 18.0 Å². The molecule has 106 valence electrons. The first-order valence-electron chi connectivity index (χ1n) is 5.77. The number of aliphatic carboxylic acids is 1. The summed E-state index contributed by atoms with van der Waals surface area (Å²) in [5, 5.41) is 8.77. The predicted molar refractivity (Wildman–Crippen MR) is 64.6 cm³/mol. The van der Waals surface area contributed by atoms with E-state index < -0.39 is 23.6 Å². The molecule has 0 saturated carbocycles. The quantitative estimate of drug-likeness (QED) is 0.898. The van der Waals surface area contributed by atoms with Crippen molar-refractivity contribution in [1.29, 1.82) is 0 Å². The summed E-state index contributed by atoms with van der Waals surface area (Å²) >= 11 is 0. The van der Waals surface area contributed by atoms with E-state index in [4.69, 9.17) is 5.11 Å². The maximum atomic E-state index is 12.4. The van der Waals surface area contributed by atoms with Crippen molar-refractivity contribution in [1.82, 2.24) is 4.90 Å². The number of alkyl halides is 3. The topological polar surface area (TPSA) is 40.5 Å². The number of carbonyl (C=O) groups is 1. The van der Waals surface area contributed by atoms with Gasteiger partial charge in [0.25, 0.3) is 0 Å². The lowest BCUT2D eigenvalue weighted by Crippen LogP contribution is -2.28. The van der Waals surface area contributed by atoms with Crippen LogP contribution in [0.4, 0.5) is 13.2 Å². The molecule has 19 heavy (non-hydrogen) atoms. The summed E-state index contributed by atoms with van der Waals surface area (Å²) in [6.45, 7) is 2.34. The van der Waals surface area contributed by atoms with Gasteiger partial charge >= 0.3 is 12.1 Å². The molecule has 6 heteroatoms. The summed E-state index contributed by atoms with van der Waals surface area (Å²) in [5.41, 5.74) is 0.0332. The molecule has 0 aliphatic heterocycles. The average molecular weight is 275 g/mol. The zero-order chi connectivity index (χ0) is 14.6. The van der Waals surface area contributed by atoms with Gasteiger partial charge in [0.1, 0.15) is 0 Å². The lowest BCUT2D eigenvalue weighted by Gasteiger charge is -2.19. The Kier molecular flexibility index (Phi) is 4.94. The van der Waals surface area contributed by atoms with Crippen molar-refractivity contribution in [3.63, 3.8) is 0 Å². The molecule has 0 aromatic heterocycles. The SMILES string of the molecule is CC(CN(C)Cc1ccc(C(F)(F)F)cc1)C(=O)O. The van der Waals surface area contributed by atoms with Crippen LogP contribution in [0.15, 0.2) is 24.3 Å². The van der Waals surface area contributed by atoms with E-state index in [1.807, 2.05) is 0 Å². The predicted octanol–water partition coefficient (Wildman–Crippen LogP) is 2.86. The third-order valence-electron chi connectivity index (χ3n) is 2.74. The minimum absolute atomic E-state index is 0.344. The Hall–Kier alpha value is -1.56. The maximum Gasteiger partial charge on any atom is 0.416 e. The fourth-order valence-electron chi connectivity index (χ4n) is 1.72. The number of carboxylic acids is 1. The van der Waals surface area contributed by atoms with Crippen LogP contribution in [0.1, 0.15) is 18.1 Å². The van der Waals surface area contributed by atoms with E-state index in [1.165, 1.54) is 12.1 Å². The van der Waals surface area contributed by atoms with Gasteiger partial charge in [0, 0.05) is 13.1 Å². The second-order valence-corrected chi connectivity index (χ2v) is 4.63. The Labute approximate surface area is 109 Å². The van der Waals surface area contributed by atoms with Crippen LogP contribution in [0.5, 0.6) is 0 Å². The molecular formula is C13H16F3NO2. The highest BCUT2D eigenvalue weighted by Crippen LogP contribution is 2.29. The van der Waals surface area contributed by atoms with E-state index in [-0.39, 0.29) is 0 Å². The van der Waals surface area contributed by atoms with Crippen LogP contribution >= 0.6 is 0 Å². The first-order chi connectivity index (χ1) is 8.70. The molecule has 3 nitrogen and oxygen atoms in total. The second-order valence-electron chi connectivity index (χ2n) is 4.63. The highest BCUT2D eigenvalue weighted by atomic mass is 19.4. The standard InChI is InChI=1S/C13H16F3NO2/c1-9(12(18)19)7-17(2)8-10-3-5-11(6-4-10)13(14,15)16/h3-6,9H,7-8H2,1-2H3,(H,18,19). The van der Waals surface area contributed by atoms with Crippen molar-refractivity contribution in [2.24, 2.45) is 5.92 Å². The number of hydrogen-bond donors (Lipinski definition) is 1. The second kappa shape index (κ2) is 6.06. The Morgan fingerprint density at radius 2 is 1.84 bits per heavy atom. The minimum Gasteiger partial charge on any atom is -0.481 e. The molecule has 1 aromatic carbocycles. The Morgan fingerprint density at radius 3 is 2.26 bits per heavy atom. The van der Waals surface area contributed by atoms with E-state index in [0.717, 1.165) is 12.1 Å². The summed E-state index contributed by atoms with van der Waals surface area (Å²) in [7, 11) is 1.73. The molecule has 1 rings (SSSR count). The van der Waals surface area contributed by atoms with Crippen molar-refractivity contribution in [3.05, 3.63) is 35.4 Å². The Balaban J connectivity index is 2.61. The van der Waals surface area contributed by atoms with E-state index in [0.29, 0.717) is 18.7 Å². The van der Waals surface area contributed by atoms with Gasteiger partial charge in [-0.25, -0.2) is 0 Å². The number of halogens is 3. The normalized spacial score (nSPS) is 13.6. The van der Waals surface area contributed by atoms with Crippen LogP contribution in [0.25, 0.3) is 0 Å². The van der Waals surface area contributed by atoms with Crippen LogP contribution in [0, 0.1) is 5.92 Å². The smallest absolute Gasteiger partial charge is 0.416 e. The third-order valence-corrected chi connectivity index (χ3v) is 2.74. The van der Waals surface area contributed by atoms with E-state index in [2.05, 4.69) is 0 Å². The van der Waals surface area contributed by atoms with Gasteiger partial charge in [0.05, 0.1) is 11.5 Å². The van der Waals surface area contributed by atoms with Gasteiger partial charge in [-0.15, -0.1) is 0 Å². The number of hydrogen-bond acceptors (Lipinski definition) is 2. The van der Waals surface area contributed by atoms with Gasteiger partial charge < -0.3 is 10.0 Å². The van der Waals surface area contributed by atoms with Crippen LogP contribution in [0.3, 0.4) is 0 Å². The van der Waals surface area contributed by atoms with Gasteiger partial charge in [-0.3, -0.25) is 4.79 Å². The first kappa shape index (κ1) is 15.5. The number of benzene rings is 1. The molecule has 0 radical (unpaired) electrons. The Morgan fingerprint density at radius 1 is 1.32 bits per heavy atom. The van der Waals surface area contributed by atoms with Crippen molar-refractivity contribution in [2.45, 2.75) is 19.6 Å². The van der Waals surface area contributed by atoms with Crippen molar-refractivity contribution in [2.75, 3.05) is 13.6 Å². The molecule has 0 fully saturated rings. The van der Waals surface area contributed by atoms with Crippen molar-refractivity contribution in [3.8, 4) is 0 Å². The van der Waals surface area contributed by atoms with Gasteiger partial charge in [-0.1, -0.05) is 19.1 Å². The molecule has 0 bridgehead atoms. The zero-order valence-electron chi connectivity index (χ0n) is 10.7. The zero-order valence-corrected chi connectivity index (χ0v) is 10.7. The monoisotopic (exact) mass is 275 g/mol. The third kappa shape index (κ3) is 4.90. The highest BCUT2D eigenvalue weighted by molar-refractivity contribution is 5.69. The van der Waals surface area contributed by atoms with Gasteiger partial charge in [-0.2, -0.15) is 13.2 Å². The van der Waals surface area contributed by atoms with Crippen molar-refractivity contribution < 1.29 is 23.1 Å². The van der Waals surface area contributed by atoms with Crippen LogP contribution in [0.2, 0.25) is 0 Å². The molecule has 0 spiro atoms. The summed E-state index contributed by atoms with van der Waals surface area (Å²) in [6, 6.07) is 4.88. The van der Waals surface area contributed by atoms with Crippen LogP contribution in [-0.4, -0.2) is 29.6 Å².